The van der Waals surface area contributed by atoms with Gasteiger partial charge in [-0.25, -0.2) is 4.79 Å². The zero-order valence-corrected chi connectivity index (χ0v) is 10.8. The molecule has 5 nitrogen and oxygen atoms in total. The molecular weight excluding hydrogens is 242 g/mol. The van der Waals surface area contributed by atoms with Crippen LogP contribution < -0.4 is 16.0 Å². The average Bonchev–Trinajstić information content (AvgIpc) is 3.21. The molecule has 0 bridgehead atoms. The van der Waals surface area contributed by atoms with Crippen LogP contribution in [0.15, 0.2) is 30.3 Å². The van der Waals surface area contributed by atoms with Gasteiger partial charge >= 0.3 is 6.03 Å². The molecule has 5 heteroatoms. The highest BCUT2D eigenvalue weighted by Crippen LogP contribution is 2.18. The van der Waals surface area contributed by atoms with Crippen molar-refractivity contribution in [2.24, 2.45) is 0 Å². The lowest BCUT2D eigenvalue weighted by Crippen LogP contribution is -2.38. The summed E-state index contributed by atoms with van der Waals surface area (Å²) >= 11 is 0. The zero-order chi connectivity index (χ0) is 13.5. The number of benzene rings is 1. The van der Waals surface area contributed by atoms with E-state index >= 15 is 0 Å². The monoisotopic (exact) mass is 261 g/mol. The van der Waals surface area contributed by atoms with E-state index in [2.05, 4.69) is 16.0 Å². The predicted octanol–water partition coefficient (Wildman–Crippen LogP) is 1.15. The molecule has 0 spiro atoms. The first-order chi connectivity index (χ1) is 9.24. The lowest BCUT2D eigenvalue weighted by atomic mass is 10.2. The SMILES string of the molecule is O=C(CCNC(=O)NC1CC1)NCc1ccccc1. The van der Waals surface area contributed by atoms with Gasteiger partial charge in [-0.1, -0.05) is 30.3 Å². The van der Waals surface area contributed by atoms with Crippen molar-refractivity contribution < 1.29 is 9.59 Å². The minimum atomic E-state index is -0.182. The molecule has 2 rings (SSSR count). The van der Waals surface area contributed by atoms with E-state index in [0.29, 0.717) is 25.6 Å². The van der Waals surface area contributed by atoms with Crippen LogP contribution in [0, 0.1) is 0 Å². The van der Waals surface area contributed by atoms with Gasteiger partial charge in [-0.3, -0.25) is 4.79 Å². The molecule has 1 aliphatic rings. The van der Waals surface area contributed by atoms with E-state index in [9.17, 15) is 9.59 Å². The van der Waals surface area contributed by atoms with Gasteiger partial charge in [0.2, 0.25) is 5.91 Å². The van der Waals surface area contributed by atoms with Crippen LogP contribution in [-0.4, -0.2) is 24.5 Å². The Morgan fingerprint density at radius 1 is 1.11 bits per heavy atom. The van der Waals surface area contributed by atoms with Gasteiger partial charge in [0.05, 0.1) is 0 Å². The van der Waals surface area contributed by atoms with Crippen LogP contribution in [0.2, 0.25) is 0 Å². The molecule has 0 radical (unpaired) electrons. The molecule has 1 aromatic rings. The summed E-state index contributed by atoms with van der Waals surface area (Å²) in [5.74, 6) is -0.0597. The van der Waals surface area contributed by atoms with E-state index < -0.39 is 0 Å². The molecule has 102 valence electrons. The molecule has 1 aromatic carbocycles. The van der Waals surface area contributed by atoms with Gasteiger partial charge in [-0.15, -0.1) is 0 Å². The maximum atomic E-state index is 11.5. The Morgan fingerprint density at radius 2 is 1.84 bits per heavy atom. The first-order valence-corrected chi connectivity index (χ1v) is 6.59. The van der Waals surface area contributed by atoms with Gasteiger partial charge < -0.3 is 16.0 Å². The van der Waals surface area contributed by atoms with Crippen LogP contribution in [0.5, 0.6) is 0 Å². The van der Waals surface area contributed by atoms with E-state index in [1.54, 1.807) is 0 Å². The number of rotatable bonds is 6. The van der Waals surface area contributed by atoms with E-state index in [4.69, 9.17) is 0 Å². The van der Waals surface area contributed by atoms with Crippen molar-refractivity contribution in [3.63, 3.8) is 0 Å². The maximum absolute atomic E-state index is 11.5. The number of carbonyl (C=O) groups excluding carboxylic acids is 2. The summed E-state index contributed by atoms with van der Waals surface area (Å²) in [6.07, 6.45) is 2.42. The van der Waals surface area contributed by atoms with Crippen LogP contribution in [-0.2, 0) is 11.3 Å². The molecule has 3 amide bonds. The summed E-state index contributed by atoms with van der Waals surface area (Å²) in [4.78, 5) is 22.8. The average molecular weight is 261 g/mol. The summed E-state index contributed by atoms with van der Waals surface area (Å²) in [5, 5.41) is 8.29. The summed E-state index contributed by atoms with van der Waals surface area (Å²) in [6.45, 7) is 0.882. The molecule has 1 saturated carbocycles. The molecule has 0 saturated heterocycles. The standard InChI is InChI=1S/C14H19N3O2/c18-13(16-10-11-4-2-1-3-5-11)8-9-15-14(19)17-12-6-7-12/h1-5,12H,6-10H2,(H,16,18)(H2,15,17,19). The predicted molar refractivity (Wildman–Crippen MR) is 72.5 cm³/mol. The number of hydrogen-bond donors (Lipinski definition) is 3. The zero-order valence-electron chi connectivity index (χ0n) is 10.8. The van der Waals surface area contributed by atoms with Crippen molar-refractivity contribution in [3.8, 4) is 0 Å². The summed E-state index contributed by atoms with van der Waals surface area (Å²) in [7, 11) is 0. The Bertz CT molecular complexity index is 430. The Morgan fingerprint density at radius 3 is 2.53 bits per heavy atom. The number of nitrogens with one attached hydrogen (secondary N) is 3. The number of carbonyl (C=O) groups is 2. The van der Waals surface area contributed by atoms with Gasteiger partial charge in [-0.2, -0.15) is 0 Å². The molecule has 19 heavy (non-hydrogen) atoms. The smallest absolute Gasteiger partial charge is 0.315 e. The molecule has 0 unspecified atom stereocenters. The van der Waals surface area contributed by atoms with Crippen LogP contribution in [0.3, 0.4) is 0 Å². The van der Waals surface area contributed by atoms with Crippen LogP contribution in [0.1, 0.15) is 24.8 Å². The second kappa shape index (κ2) is 6.78. The maximum Gasteiger partial charge on any atom is 0.315 e. The summed E-state index contributed by atoms with van der Waals surface area (Å²) in [5.41, 5.74) is 1.07. The van der Waals surface area contributed by atoms with Crippen molar-refractivity contribution in [2.45, 2.75) is 31.8 Å². The normalized spacial score (nSPS) is 13.7. The fourth-order valence-electron chi connectivity index (χ4n) is 1.64. The van der Waals surface area contributed by atoms with Gasteiger partial charge in [0.15, 0.2) is 0 Å². The number of amides is 3. The van der Waals surface area contributed by atoms with Crippen molar-refractivity contribution in [1.82, 2.24) is 16.0 Å². The Labute approximate surface area is 112 Å². The van der Waals surface area contributed by atoms with Crippen molar-refractivity contribution >= 4 is 11.9 Å². The molecular formula is C14H19N3O2. The Hall–Kier alpha value is -2.04. The van der Waals surface area contributed by atoms with Crippen molar-refractivity contribution in [3.05, 3.63) is 35.9 Å². The third kappa shape index (κ3) is 5.42. The highest BCUT2D eigenvalue weighted by molar-refractivity contribution is 5.78. The fraction of sp³-hybridized carbons (Fsp3) is 0.429. The molecule has 0 heterocycles. The van der Waals surface area contributed by atoms with Crippen molar-refractivity contribution in [1.29, 1.82) is 0 Å². The highest BCUT2D eigenvalue weighted by Gasteiger charge is 2.22. The first-order valence-electron chi connectivity index (χ1n) is 6.59. The lowest BCUT2D eigenvalue weighted by molar-refractivity contribution is -0.121. The second-order valence-electron chi connectivity index (χ2n) is 4.69. The van der Waals surface area contributed by atoms with Gasteiger partial charge in [0.1, 0.15) is 0 Å². The molecule has 0 aliphatic heterocycles. The topological polar surface area (TPSA) is 70.2 Å². The van der Waals surface area contributed by atoms with E-state index in [1.807, 2.05) is 30.3 Å². The van der Waals surface area contributed by atoms with E-state index in [0.717, 1.165) is 18.4 Å². The molecule has 0 aromatic heterocycles. The first kappa shape index (κ1) is 13.4. The number of hydrogen-bond acceptors (Lipinski definition) is 2. The highest BCUT2D eigenvalue weighted by atomic mass is 16.2. The second-order valence-corrected chi connectivity index (χ2v) is 4.69. The summed E-state index contributed by atoms with van der Waals surface area (Å²) in [6, 6.07) is 9.89. The van der Waals surface area contributed by atoms with Gasteiger partial charge in [-0.05, 0) is 18.4 Å². The van der Waals surface area contributed by atoms with Crippen LogP contribution in [0.25, 0.3) is 0 Å². The molecule has 3 N–H and O–H groups in total. The fourth-order valence-corrected chi connectivity index (χ4v) is 1.64. The van der Waals surface area contributed by atoms with Crippen LogP contribution in [0.4, 0.5) is 4.79 Å². The third-order valence-corrected chi connectivity index (χ3v) is 2.88. The Kier molecular flexibility index (Phi) is 4.78. The minimum Gasteiger partial charge on any atom is -0.352 e. The van der Waals surface area contributed by atoms with E-state index in [-0.39, 0.29) is 11.9 Å². The van der Waals surface area contributed by atoms with Gasteiger partial charge in [0.25, 0.3) is 0 Å². The molecule has 1 fully saturated rings. The third-order valence-electron chi connectivity index (χ3n) is 2.88. The van der Waals surface area contributed by atoms with Crippen molar-refractivity contribution in [2.75, 3.05) is 6.54 Å². The summed E-state index contributed by atoms with van der Waals surface area (Å²) < 4.78 is 0. The molecule has 0 atom stereocenters. The van der Waals surface area contributed by atoms with E-state index in [1.165, 1.54) is 0 Å². The van der Waals surface area contributed by atoms with Gasteiger partial charge in [0, 0.05) is 25.6 Å². The quantitative estimate of drug-likeness (QED) is 0.719. The number of urea groups is 1. The van der Waals surface area contributed by atoms with Crippen LogP contribution >= 0.6 is 0 Å². The Balaban J connectivity index is 1.55. The lowest BCUT2D eigenvalue weighted by Gasteiger charge is -2.07. The molecule has 1 aliphatic carbocycles. The minimum absolute atomic E-state index is 0.0597. The largest absolute Gasteiger partial charge is 0.352 e.